The minimum Gasteiger partial charge on any atom is -0.316 e. The molecular formula is C14H29NSi. The van der Waals surface area contributed by atoms with Crippen LogP contribution in [0.15, 0.2) is 24.3 Å². The van der Waals surface area contributed by atoms with Gasteiger partial charge in [0.15, 0.2) is 0 Å². The summed E-state index contributed by atoms with van der Waals surface area (Å²) in [5.74, 6) is 0. The SMILES string of the molecule is C=C(C)CN(CC(=C)C)[Si](C)(C)C(C)(C)C. The fourth-order valence-electron chi connectivity index (χ4n) is 1.58. The van der Waals surface area contributed by atoms with E-state index >= 15 is 0 Å². The molecule has 0 aromatic rings. The minimum atomic E-state index is -1.45. The predicted octanol–water partition coefficient (Wildman–Crippen LogP) is 4.45. The molecule has 0 radical (unpaired) electrons. The quantitative estimate of drug-likeness (QED) is 0.506. The maximum Gasteiger partial charge on any atom is 0.128 e. The lowest BCUT2D eigenvalue weighted by Gasteiger charge is -2.46. The van der Waals surface area contributed by atoms with Crippen LogP contribution in [0.3, 0.4) is 0 Å². The lowest BCUT2D eigenvalue weighted by Crippen LogP contribution is -2.55. The molecule has 0 spiro atoms. The van der Waals surface area contributed by atoms with Crippen LogP contribution in [0, 0.1) is 0 Å². The van der Waals surface area contributed by atoms with E-state index in [1.54, 1.807) is 0 Å². The van der Waals surface area contributed by atoms with Crippen LogP contribution in [-0.2, 0) is 0 Å². The third-order valence-corrected chi connectivity index (χ3v) is 9.12. The maximum atomic E-state index is 4.05. The fraction of sp³-hybridized carbons (Fsp3) is 0.714. The van der Waals surface area contributed by atoms with E-state index in [-0.39, 0.29) is 0 Å². The van der Waals surface area contributed by atoms with Crippen molar-refractivity contribution >= 4 is 8.24 Å². The summed E-state index contributed by atoms with van der Waals surface area (Å²) >= 11 is 0. The normalized spacial score (nSPS) is 13.0. The molecule has 94 valence electrons. The second-order valence-corrected chi connectivity index (χ2v) is 11.8. The van der Waals surface area contributed by atoms with Gasteiger partial charge in [0.05, 0.1) is 0 Å². The molecule has 1 nitrogen and oxygen atoms in total. The summed E-state index contributed by atoms with van der Waals surface area (Å²) < 4.78 is 2.61. The van der Waals surface area contributed by atoms with Gasteiger partial charge in [-0.2, -0.15) is 0 Å². The van der Waals surface area contributed by atoms with Gasteiger partial charge in [0, 0.05) is 13.1 Å². The molecule has 0 aliphatic carbocycles. The van der Waals surface area contributed by atoms with E-state index in [1.165, 1.54) is 11.1 Å². The van der Waals surface area contributed by atoms with Crippen molar-refractivity contribution in [2.75, 3.05) is 13.1 Å². The average Bonchev–Trinajstić information content (AvgIpc) is 1.98. The Balaban J connectivity index is 5.01. The van der Waals surface area contributed by atoms with E-state index in [0.717, 1.165) is 13.1 Å². The van der Waals surface area contributed by atoms with Crippen molar-refractivity contribution in [3.63, 3.8) is 0 Å². The molecule has 0 aliphatic heterocycles. The molecule has 16 heavy (non-hydrogen) atoms. The van der Waals surface area contributed by atoms with Crippen LogP contribution in [-0.4, -0.2) is 25.9 Å². The summed E-state index contributed by atoms with van der Waals surface area (Å²) in [6, 6.07) is 0. The zero-order valence-corrected chi connectivity index (χ0v) is 13.3. The molecule has 0 fully saturated rings. The van der Waals surface area contributed by atoms with Gasteiger partial charge in [0.1, 0.15) is 8.24 Å². The first-order chi connectivity index (χ1) is 6.98. The summed E-state index contributed by atoms with van der Waals surface area (Å²) in [5, 5.41) is 0.373. The summed E-state index contributed by atoms with van der Waals surface area (Å²) in [6.45, 7) is 26.3. The van der Waals surface area contributed by atoms with Crippen molar-refractivity contribution in [2.24, 2.45) is 0 Å². The topological polar surface area (TPSA) is 3.24 Å². The molecule has 0 N–H and O–H groups in total. The summed E-state index contributed by atoms with van der Waals surface area (Å²) in [5.41, 5.74) is 2.48. The van der Waals surface area contributed by atoms with Crippen LogP contribution in [0.4, 0.5) is 0 Å². The summed E-state index contributed by atoms with van der Waals surface area (Å²) in [7, 11) is -1.45. The lowest BCUT2D eigenvalue weighted by atomic mass is 10.2. The van der Waals surface area contributed by atoms with Crippen LogP contribution in [0.1, 0.15) is 34.6 Å². The molecule has 0 saturated heterocycles. The third kappa shape index (κ3) is 4.26. The molecule has 0 aromatic carbocycles. The van der Waals surface area contributed by atoms with E-state index < -0.39 is 8.24 Å². The molecule has 0 saturated carbocycles. The monoisotopic (exact) mass is 239 g/mol. The molecule has 0 rings (SSSR count). The maximum absolute atomic E-state index is 4.05. The Morgan fingerprint density at radius 1 is 1.00 bits per heavy atom. The Labute approximate surface area is 103 Å². The van der Waals surface area contributed by atoms with Crippen molar-refractivity contribution in [3.05, 3.63) is 24.3 Å². The van der Waals surface area contributed by atoms with Crippen molar-refractivity contribution in [2.45, 2.75) is 52.8 Å². The second kappa shape index (κ2) is 5.33. The Bertz CT molecular complexity index is 255. The summed E-state index contributed by atoms with van der Waals surface area (Å²) in [6.07, 6.45) is 0. The van der Waals surface area contributed by atoms with E-state index in [9.17, 15) is 0 Å². The van der Waals surface area contributed by atoms with Crippen molar-refractivity contribution in [3.8, 4) is 0 Å². The van der Waals surface area contributed by atoms with Gasteiger partial charge in [-0.15, -0.1) is 0 Å². The third-order valence-electron chi connectivity index (χ3n) is 3.55. The van der Waals surface area contributed by atoms with Crippen LogP contribution in [0.2, 0.25) is 18.1 Å². The second-order valence-electron chi connectivity index (χ2n) is 6.58. The zero-order chi connectivity index (χ0) is 13.1. The molecule has 0 amide bonds. The standard InChI is InChI=1S/C14H29NSi/c1-12(2)10-15(11-13(3)4)16(8,9)14(5,6)7/h1,3,10-11H2,2,4-9H3. The molecule has 0 atom stereocenters. The van der Waals surface area contributed by atoms with Crippen LogP contribution < -0.4 is 0 Å². The Hall–Kier alpha value is -0.343. The molecule has 0 aromatic heterocycles. The first-order valence-electron chi connectivity index (χ1n) is 6.02. The van der Waals surface area contributed by atoms with Crippen LogP contribution in [0.25, 0.3) is 0 Å². The molecule has 0 unspecified atom stereocenters. The number of hydrogen-bond donors (Lipinski definition) is 0. The van der Waals surface area contributed by atoms with Crippen LogP contribution in [0.5, 0.6) is 0 Å². The first kappa shape index (κ1) is 15.7. The average molecular weight is 239 g/mol. The highest BCUT2D eigenvalue weighted by atomic mass is 28.3. The van der Waals surface area contributed by atoms with Gasteiger partial charge >= 0.3 is 0 Å². The van der Waals surface area contributed by atoms with Gasteiger partial charge < -0.3 is 4.57 Å². The van der Waals surface area contributed by atoms with Gasteiger partial charge in [-0.25, -0.2) is 0 Å². The van der Waals surface area contributed by atoms with Crippen molar-refractivity contribution < 1.29 is 0 Å². The molecule has 0 bridgehead atoms. The first-order valence-corrected chi connectivity index (χ1v) is 8.97. The largest absolute Gasteiger partial charge is 0.316 e. The Morgan fingerprint density at radius 3 is 1.50 bits per heavy atom. The van der Waals surface area contributed by atoms with Gasteiger partial charge in [0.2, 0.25) is 0 Å². The minimum absolute atomic E-state index is 0.373. The van der Waals surface area contributed by atoms with Crippen molar-refractivity contribution in [1.82, 2.24) is 4.57 Å². The highest BCUT2D eigenvalue weighted by Crippen LogP contribution is 2.38. The molecular weight excluding hydrogens is 210 g/mol. The van der Waals surface area contributed by atoms with E-state index in [0.29, 0.717) is 5.04 Å². The highest BCUT2D eigenvalue weighted by Gasteiger charge is 2.40. The van der Waals surface area contributed by atoms with Gasteiger partial charge in [0.25, 0.3) is 0 Å². The fourth-order valence-corrected chi connectivity index (χ4v) is 3.86. The van der Waals surface area contributed by atoms with Gasteiger partial charge in [-0.1, -0.05) is 58.2 Å². The number of nitrogens with zero attached hydrogens (tertiary/aromatic N) is 1. The highest BCUT2D eigenvalue weighted by molar-refractivity contribution is 6.77. The van der Waals surface area contributed by atoms with E-state index in [2.05, 4.69) is 65.4 Å². The Kier molecular flexibility index (Phi) is 5.21. The van der Waals surface area contributed by atoms with E-state index in [1.807, 2.05) is 0 Å². The van der Waals surface area contributed by atoms with Crippen LogP contribution >= 0.6 is 0 Å². The molecule has 0 heterocycles. The predicted molar refractivity (Wildman–Crippen MR) is 78.4 cm³/mol. The van der Waals surface area contributed by atoms with Gasteiger partial charge in [-0.3, -0.25) is 0 Å². The van der Waals surface area contributed by atoms with E-state index in [4.69, 9.17) is 0 Å². The number of hydrogen-bond acceptors (Lipinski definition) is 1. The summed E-state index contributed by atoms with van der Waals surface area (Å²) in [4.78, 5) is 0. The molecule has 2 heteroatoms. The smallest absolute Gasteiger partial charge is 0.128 e. The van der Waals surface area contributed by atoms with Gasteiger partial charge in [-0.05, 0) is 18.9 Å². The lowest BCUT2D eigenvalue weighted by molar-refractivity contribution is 0.456. The zero-order valence-electron chi connectivity index (χ0n) is 12.3. The van der Waals surface area contributed by atoms with Crippen molar-refractivity contribution in [1.29, 1.82) is 0 Å². The molecule has 0 aliphatic rings. The number of rotatable bonds is 5. The Morgan fingerprint density at radius 2 is 1.31 bits per heavy atom.